The molecule has 0 saturated carbocycles. The maximum absolute atomic E-state index is 10.5. The van der Waals surface area contributed by atoms with E-state index in [1.807, 2.05) is 18.2 Å². The summed E-state index contributed by atoms with van der Waals surface area (Å²) in [7, 11) is 5.00. The summed E-state index contributed by atoms with van der Waals surface area (Å²) in [6.45, 7) is 0.702. The van der Waals surface area contributed by atoms with Gasteiger partial charge in [-0.05, 0) is 25.1 Å². The molecule has 0 aromatic heterocycles. The van der Waals surface area contributed by atoms with Crippen molar-refractivity contribution < 1.29 is 19.4 Å². The first-order valence-electron chi connectivity index (χ1n) is 5.68. The van der Waals surface area contributed by atoms with Crippen LogP contribution in [0.3, 0.4) is 0 Å². The molecule has 0 spiro atoms. The van der Waals surface area contributed by atoms with Crippen LogP contribution in [0.15, 0.2) is 18.2 Å². The first kappa shape index (κ1) is 14.3. The Hall–Kier alpha value is -1.75. The van der Waals surface area contributed by atoms with Crippen LogP contribution in [0, 0.1) is 0 Å². The SMILES string of the molecule is COc1ccc(CCN(C)CC(=O)O)c(OC)c1. The average molecular weight is 253 g/mol. The van der Waals surface area contributed by atoms with Crippen LogP contribution < -0.4 is 9.47 Å². The summed E-state index contributed by atoms with van der Waals surface area (Å²) in [5.41, 5.74) is 1.04. The zero-order chi connectivity index (χ0) is 13.5. The molecular weight excluding hydrogens is 234 g/mol. The number of aliphatic carboxylic acids is 1. The van der Waals surface area contributed by atoms with Gasteiger partial charge in [0.05, 0.1) is 20.8 Å². The standard InChI is InChI=1S/C13H19NO4/c1-14(9-13(15)16)7-6-10-4-5-11(17-2)8-12(10)18-3/h4-5,8H,6-7,9H2,1-3H3,(H,15,16). The first-order valence-corrected chi connectivity index (χ1v) is 5.68. The molecule has 5 heteroatoms. The Morgan fingerprint density at radius 1 is 1.33 bits per heavy atom. The fourth-order valence-electron chi connectivity index (χ4n) is 1.68. The molecule has 0 radical (unpaired) electrons. The summed E-state index contributed by atoms with van der Waals surface area (Å²) in [4.78, 5) is 12.3. The predicted octanol–water partition coefficient (Wildman–Crippen LogP) is 1.26. The molecule has 5 nitrogen and oxygen atoms in total. The Balaban J connectivity index is 2.64. The molecule has 1 aromatic rings. The van der Waals surface area contributed by atoms with Gasteiger partial charge in [0.15, 0.2) is 0 Å². The molecule has 0 bridgehead atoms. The number of methoxy groups -OCH3 is 2. The van der Waals surface area contributed by atoms with E-state index in [2.05, 4.69) is 0 Å². The van der Waals surface area contributed by atoms with Crippen molar-refractivity contribution in [2.75, 3.05) is 34.4 Å². The lowest BCUT2D eigenvalue weighted by Gasteiger charge is -2.15. The predicted molar refractivity (Wildman–Crippen MR) is 68.4 cm³/mol. The maximum atomic E-state index is 10.5. The minimum absolute atomic E-state index is 0.0401. The lowest BCUT2D eigenvalue weighted by molar-refractivity contribution is -0.137. The second kappa shape index (κ2) is 6.86. The summed E-state index contributed by atoms with van der Waals surface area (Å²) >= 11 is 0. The van der Waals surface area contributed by atoms with Crippen molar-refractivity contribution in [3.63, 3.8) is 0 Å². The van der Waals surface area contributed by atoms with Crippen molar-refractivity contribution >= 4 is 5.97 Å². The minimum Gasteiger partial charge on any atom is -0.497 e. The molecule has 0 unspecified atom stereocenters. The van der Waals surface area contributed by atoms with E-state index in [4.69, 9.17) is 14.6 Å². The van der Waals surface area contributed by atoms with Crippen LogP contribution in [-0.4, -0.2) is 50.3 Å². The lowest BCUT2D eigenvalue weighted by atomic mass is 10.1. The highest BCUT2D eigenvalue weighted by Crippen LogP contribution is 2.24. The average Bonchev–Trinajstić information content (AvgIpc) is 2.35. The molecule has 0 aliphatic rings. The quantitative estimate of drug-likeness (QED) is 0.792. The number of benzene rings is 1. The maximum Gasteiger partial charge on any atom is 0.317 e. The van der Waals surface area contributed by atoms with Crippen LogP contribution in [0.1, 0.15) is 5.56 Å². The van der Waals surface area contributed by atoms with Crippen LogP contribution in [0.25, 0.3) is 0 Å². The molecule has 1 N–H and O–H groups in total. The summed E-state index contributed by atoms with van der Waals surface area (Å²) < 4.78 is 10.4. The van der Waals surface area contributed by atoms with E-state index >= 15 is 0 Å². The van der Waals surface area contributed by atoms with E-state index in [1.165, 1.54) is 0 Å². The normalized spacial score (nSPS) is 10.4. The number of rotatable bonds is 7. The van der Waals surface area contributed by atoms with Crippen LogP contribution in [-0.2, 0) is 11.2 Å². The van der Waals surface area contributed by atoms with Gasteiger partial charge in [0.2, 0.25) is 0 Å². The first-order chi connectivity index (χ1) is 8.56. The molecule has 0 amide bonds. The van der Waals surface area contributed by atoms with Crippen molar-refractivity contribution in [3.05, 3.63) is 23.8 Å². The van der Waals surface area contributed by atoms with Gasteiger partial charge in [-0.1, -0.05) is 6.07 Å². The van der Waals surface area contributed by atoms with Crippen molar-refractivity contribution in [1.29, 1.82) is 0 Å². The monoisotopic (exact) mass is 253 g/mol. The zero-order valence-electron chi connectivity index (χ0n) is 11.0. The largest absolute Gasteiger partial charge is 0.497 e. The van der Waals surface area contributed by atoms with Gasteiger partial charge in [0, 0.05) is 12.6 Å². The van der Waals surface area contributed by atoms with Crippen LogP contribution >= 0.6 is 0 Å². The third kappa shape index (κ3) is 4.25. The van der Waals surface area contributed by atoms with Crippen LogP contribution in [0.5, 0.6) is 11.5 Å². The van der Waals surface area contributed by atoms with Crippen molar-refractivity contribution in [2.24, 2.45) is 0 Å². The van der Waals surface area contributed by atoms with Crippen molar-refractivity contribution in [1.82, 2.24) is 4.90 Å². The summed E-state index contributed by atoms with van der Waals surface area (Å²) in [6, 6.07) is 5.63. The van der Waals surface area contributed by atoms with Gasteiger partial charge in [-0.15, -0.1) is 0 Å². The molecular formula is C13H19NO4. The fraction of sp³-hybridized carbons (Fsp3) is 0.462. The zero-order valence-corrected chi connectivity index (χ0v) is 11.0. The number of carboxylic acid groups (broad SMARTS) is 1. The third-order valence-electron chi connectivity index (χ3n) is 2.66. The number of likely N-dealkylation sites (N-methyl/N-ethyl adjacent to an activating group) is 1. The molecule has 0 saturated heterocycles. The van der Waals surface area contributed by atoms with Gasteiger partial charge in [-0.25, -0.2) is 0 Å². The lowest BCUT2D eigenvalue weighted by Crippen LogP contribution is -2.27. The Bertz CT molecular complexity index is 406. The number of carbonyl (C=O) groups is 1. The minimum atomic E-state index is -0.820. The molecule has 0 atom stereocenters. The van der Waals surface area contributed by atoms with Gasteiger partial charge in [-0.2, -0.15) is 0 Å². The topological polar surface area (TPSA) is 59.0 Å². The van der Waals surface area contributed by atoms with E-state index < -0.39 is 5.97 Å². The molecule has 0 heterocycles. The summed E-state index contributed by atoms with van der Waals surface area (Å²) in [6.07, 6.45) is 0.733. The molecule has 0 aliphatic carbocycles. The second-order valence-corrected chi connectivity index (χ2v) is 4.06. The molecule has 0 fully saturated rings. The summed E-state index contributed by atoms with van der Waals surface area (Å²) in [5, 5.41) is 8.67. The number of carboxylic acids is 1. The summed E-state index contributed by atoms with van der Waals surface area (Å²) in [5.74, 6) is 0.687. The van der Waals surface area contributed by atoms with Crippen LogP contribution in [0.4, 0.5) is 0 Å². The van der Waals surface area contributed by atoms with Gasteiger partial charge >= 0.3 is 5.97 Å². The van der Waals surface area contributed by atoms with Crippen molar-refractivity contribution in [3.8, 4) is 11.5 Å². The second-order valence-electron chi connectivity index (χ2n) is 4.06. The fourth-order valence-corrected chi connectivity index (χ4v) is 1.68. The Morgan fingerprint density at radius 3 is 2.61 bits per heavy atom. The van der Waals surface area contributed by atoms with Gasteiger partial charge in [-0.3, -0.25) is 9.69 Å². The molecule has 100 valence electrons. The van der Waals surface area contributed by atoms with Crippen LogP contribution in [0.2, 0.25) is 0 Å². The van der Waals surface area contributed by atoms with E-state index in [0.717, 1.165) is 23.5 Å². The molecule has 1 aromatic carbocycles. The van der Waals surface area contributed by atoms with Gasteiger partial charge in [0.1, 0.15) is 11.5 Å². The Labute approximate surface area is 107 Å². The highest BCUT2D eigenvalue weighted by molar-refractivity contribution is 5.69. The van der Waals surface area contributed by atoms with Gasteiger partial charge < -0.3 is 14.6 Å². The highest BCUT2D eigenvalue weighted by atomic mass is 16.5. The number of hydrogen-bond donors (Lipinski definition) is 1. The van der Waals surface area contributed by atoms with Crippen molar-refractivity contribution in [2.45, 2.75) is 6.42 Å². The number of hydrogen-bond acceptors (Lipinski definition) is 4. The van der Waals surface area contributed by atoms with E-state index in [-0.39, 0.29) is 6.54 Å². The van der Waals surface area contributed by atoms with E-state index in [9.17, 15) is 4.79 Å². The third-order valence-corrected chi connectivity index (χ3v) is 2.66. The Morgan fingerprint density at radius 2 is 2.06 bits per heavy atom. The van der Waals surface area contributed by atoms with Gasteiger partial charge in [0.25, 0.3) is 0 Å². The number of ether oxygens (including phenoxy) is 2. The molecule has 1 rings (SSSR count). The molecule has 0 aliphatic heterocycles. The van der Waals surface area contributed by atoms with E-state index in [1.54, 1.807) is 26.2 Å². The highest BCUT2D eigenvalue weighted by Gasteiger charge is 2.08. The molecule has 18 heavy (non-hydrogen) atoms. The number of nitrogens with zero attached hydrogens (tertiary/aromatic N) is 1. The smallest absolute Gasteiger partial charge is 0.317 e. The Kier molecular flexibility index (Phi) is 5.45. The van der Waals surface area contributed by atoms with E-state index in [0.29, 0.717) is 6.54 Å².